The highest BCUT2D eigenvalue weighted by Crippen LogP contribution is 2.43. The fraction of sp³-hybridized carbons (Fsp3) is 0.476. The summed E-state index contributed by atoms with van der Waals surface area (Å²) in [7, 11) is 0. The van der Waals surface area contributed by atoms with Crippen LogP contribution in [0.15, 0.2) is 36.4 Å². The molecular weight excluding hydrogens is 369 g/mol. The summed E-state index contributed by atoms with van der Waals surface area (Å²) in [6.07, 6.45) is -2.63. The molecule has 152 valence electrons. The SMILES string of the molecule is CCCCOc1ccc2c(C(N3CC(C)(C)C(=O)N3)C(F)(F)F)cccc2c1. The van der Waals surface area contributed by atoms with Crippen LogP contribution in [0.2, 0.25) is 0 Å². The van der Waals surface area contributed by atoms with Crippen molar-refractivity contribution in [3.05, 3.63) is 42.0 Å². The van der Waals surface area contributed by atoms with Crippen molar-refractivity contribution in [1.82, 2.24) is 10.4 Å². The van der Waals surface area contributed by atoms with Crippen molar-refractivity contribution >= 4 is 16.7 Å². The van der Waals surface area contributed by atoms with Crippen LogP contribution in [0, 0.1) is 5.41 Å². The Morgan fingerprint density at radius 3 is 2.61 bits per heavy atom. The van der Waals surface area contributed by atoms with E-state index in [9.17, 15) is 18.0 Å². The van der Waals surface area contributed by atoms with E-state index in [-0.39, 0.29) is 12.1 Å². The first-order chi connectivity index (χ1) is 13.1. The van der Waals surface area contributed by atoms with Crippen LogP contribution in [-0.2, 0) is 4.79 Å². The topological polar surface area (TPSA) is 41.6 Å². The number of nitrogens with zero attached hydrogens (tertiary/aromatic N) is 1. The number of hydrazine groups is 1. The lowest BCUT2D eigenvalue weighted by Gasteiger charge is -2.30. The number of rotatable bonds is 6. The Morgan fingerprint density at radius 1 is 1.25 bits per heavy atom. The van der Waals surface area contributed by atoms with Gasteiger partial charge in [0.2, 0.25) is 5.91 Å². The molecule has 0 radical (unpaired) electrons. The van der Waals surface area contributed by atoms with Gasteiger partial charge in [-0.15, -0.1) is 0 Å². The summed E-state index contributed by atoms with van der Waals surface area (Å²) in [4.78, 5) is 12.1. The second-order valence-electron chi connectivity index (χ2n) is 7.83. The van der Waals surface area contributed by atoms with Crippen molar-refractivity contribution in [2.24, 2.45) is 5.41 Å². The second-order valence-corrected chi connectivity index (χ2v) is 7.83. The van der Waals surface area contributed by atoms with Gasteiger partial charge in [0.05, 0.1) is 12.0 Å². The molecule has 1 fully saturated rings. The summed E-state index contributed by atoms with van der Waals surface area (Å²) < 4.78 is 47.8. The normalized spacial score (nSPS) is 18.3. The van der Waals surface area contributed by atoms with E-state index >= 15 is 0 Å². The van der Waals surface area contributed by atoms with E-state index in [0.29, 0.717) is 23.1 Å². The predicted octanol–water partition coefficient (Wildman–Crippen LogP) is 5.00. The smallest absolute Gasteiger partial charge is 0.409 e. The molecule has 28 heavy (non-hydrogen) atoms. The standard InChI is InChI=1S/C21H25F3N2O2/c1-4-5-11-28-15-9-10-16-14(12-15)7-6-8-17(16)18(21(22,23)24)26-13-20(2,3)19(27)25-26/h6-10,12,18H,4-5,11,13H2,1-3H3,(H,25,27). The lowest BCUT2D eigenvalue weighted by Crippen LogP contribution is -2.43. The van der Waals surface area contributed by atoms with E-state index in [4.69, 9.17) is 4.74 Å². The minimum Gasteiger partial charge on any atom is -0.494 e. The van der Waals surface area contributed by atoms with Crippen molar-refractivity contribution in [2.45, 2.75) is 45.8 Å². The third-order valence-electron chi connectivity index (χ3n) is 4.99. The molecule has 1 saturated heterocycles. The van der Waals surface area contributed by atoms with Crippen molar-refractivity contribution < 1.29 is 22.7 Å². The number of carbonyl (C=O) groups is 1. The quantitative estimate of drug-likeness (QED) is 0.702. The number of halogens is 3. The fourth-order valence-electron chi connectivity index (χ4n) is 3.45. The molecule has 1 amide bonds. The van der Waals surface area contributed by atoms with Crippen molar-refractivity contribution in [3.8, 4) is 5.75 Å². The zero-order chi connectivity index (χ0) is 20.5. The lowest BCUT2D eigenvalue weighted by molar-refractivity contribution is -0.191. The van der Waals surface area contributed by atoms with Gasteiger partial charge in [-0.05, 0) is 48.7 Å². The first kappa shape index (κ1) is 20.5. The molecule has 0 aromatic heterocycles. The summed E-state index contributed by atoms with van der Waals surface area (Å²) in [6, 6.07) is 8.04. The van der Waals surface area contributed by atoms with Crippen LogP contribution in [-0.4, -0.2) is 30.2 Å². The average molecular weight is 394 g/mol. The Labute approximate surface area is 162 Å². The third-order valence-corrected chi connectivity index (χ3v) is 4.99. The van der Waals surface area contributed by atoms with Crippen LogP contribution in [0.4, 0.5) is 13.2 Å². The lowest BCUT2D eigenvalue weighted by atomic mass is 9.93. The highest BCUT2D eigenvalue weighted by Gasteiger charge is 2.51. The minimum absolute atomic E-state index is 0.0232. The van der Waals surface area contributed by atoms with E-state index in [1.807, 2.05) is 0 Å². The van der Waals surface area contributed by atoms with E-state index in [1.165, 1.54) is 6.07 Å². The molecule has 0 aliphatic carbocycles. The zero-order valence-corrected chi connectivity index (χ0v) is 16.3. The zero-order valence-electron chi connectivity index (χ0n) is 16.3. The highest BCUT2D eigenvalue weighted by molar-refractivity contribution is 5.88. The van der Waals surface area contributed by atoms with Crippen LogP contribution < -0.4 is 10.2 Å². The van der Waals surface area contributed by atoms with Crippen molar-refractivity contribution in [3.63, 3.8) is 0 Å². The Kier molecular flexibility index (Phi) is 5.57. The predicted molar refractivity (Wildman–Crippen MR) is 102 cm³/mol. The van der Waals surface area contributed by atoms with Crippen LogP contribution in [0.3, 0.4) is 0 Å². The van der Waals surface area contributed by atoms with Crippen LogP contribution in [0.25, 0.3) is 10.8 Å². The summed E-state index contributed by atoms with van der Waals surface area (Å²) in [6.45, 7) is 5.88. The van der Waals surface area contributed by atoms with Gasteiger partial charge >= 0.3 is 6.18 Å². The first-order valence-corrected chi connectivity index (χ1v) is 9.43. The minimum atomic E-state index is -4.54. The molecule has 1 aliphatic heterocycles. The number of unbranched alkanes of at least 4 members (excludes halogenated alkanes) is 1. The number of nitrogens with one attached hydrogen (secondary N) is 1. The fourth-order valence-corrected chi connectivity index (χ4v) is 3.45. The van der Waals surface area contributed by atoms with Crippen LogP contribution in [0.5, 0.6) is 5.75 Å². The van der Waals surface area contributed by atoms with Gasteiger partial charge in [0, 0.05) is 6.54 Å². The van der Waals surface area contributed by atoms with Crippen LogP contribution >= 0.6 is 0 Å². The molecule has 0 bridgehead atoms. The largest absolute Gasteiger partial charge is 0.494 e. The van der Waals surface area contributed by atoms with E-state index in [2.05, 4.69) is 12.3 Å². The monoisotopic (exact) mass is 394 g/mol. The molecule has 1 atom stereocenters. The molecule has 2 aromatic carbocycles. The number of benzene rings is 2. The molecule has 1 N–H and O–H groups in total. The van der Waals surface area contributed by atoms with Crippen molar-refractivity contribution in [1.29, 1.82) is 0 Å². The van der Waals surface area contributed by atoms with Gasteiger partial charge in [0.15, 0.2) is 6.04 Å². The summed E-state index contributed by atoms with van der Waals surface area (Å²) >= 11 is 0. The second kappa shape index (κ2) is 7.62. The summed E-state index contributed by atoms with van der Waals surface area (Å²) in [5.74, 6) is 0.228. The van der Waals surface area contributed by atoms with Gasteiger partial charge in [0.25, 0.3) is 0 Å². The number of amides is 1. The highest BCUT2D eigenvalue weighted by atomic mass is 19.4. The van der Waals surface area contributed by atoms with Gasteiger partial charge in [-0.3, -0.25) is 10.2 Å². The summed E-state index contributed by atoms with van der Waals surface area (Å²) in [5.41, 5.74) is 1.64. The molecular formula is C21H25F3N2O2. The molecule has 1 heterocycles. The van der Waals surface area contributed by atoms with Crippen LogP contribution in [0.1, 0.15) is 45.2 Å². The maximum absolute atomic E-state index is 14.0. The molecule has 7 heteroatoms. The number of alkyl halides is 3. The summed E-state index contributed by atoms with van der Waals surface area (Å²) in [5, 5.41) is 2.17. The van der Waals surface area contributed by atoms with Gasteiger partial charge < -0.3 is 4.74 Å². The first-order valence-electron chi connectivity index (χ1n) is 9.43. The van der Waals surface area contributed by atoms with E-state index in [1.54, 1.807) is 44.2 Å². The molecule has 3 rings (SSSR count). The number of ether oxygens (including phenoxy) is 1. The Morgan fingerprint density at radius 2 is 2.00 bits per heavy atom. The molecule has 0 spiro atoms. The Hall–Kier alpha value is -2.28. The Balaban J connectivity index is 2.00. The Bertz CT molecular complexity index is 864. The van der Waals surface area contributed by atoms with Gasteiger partial charge in [0.1, 0.15) is 5.75 Å². The van der Waals surface area contributed by atoms with Gasteiger partial charge in [-0.1, -0.05) is 37.6 Å². The number of hydrogen-bond acceptors (Lipinski definition) is 3. The number of fused-ring (bicyclic) bond motifs is 1. The van der Waals surface area contributed by atoms with Gasteiger partial charge in [-0.2, -0.15) is 13.2 Å². The molecule has 2 aromatic rings. The van der Waals surface area contributed by atoms with E-state index < -0.39 is 23.5 Å². The molecule has 1 aliphatic rings. The maximum Gasteiger partial charge on any atom is 0.409 e. The number of carbonyl (C=O) groups excluding carboxylic acids is 1. The molecule has 1 unspecified atom stereocenters. The third kappa shape index (κ3) is 4.09. The van der Waals surface area contributed by atoms with Gasteiger partial charge in [-0.25, -0.2) is 5.01 Å². The molecule has 4 nitrogen and oxygen atoms in total. The molecule has 0 saturated carbocycles. The average Bonchev–Trinajstić information content (AvgIpc) is 2.86. The number of hydrogen-bond donors (Lipinski definition) is 1. The van der Waals surface area contributed by atoms with E-state index in [0.717, 1.165) is 17.9 Å². The maximum atomic E-state index is 14.0. The van der Waals surface area contributed by atoms with Crippen molar-refractivity contribution in [2.75, 3.05) is 13.2 Å².